The first kappa shape index (κ1) is 17.7. The second-order valence-electron chi connectivity index (χ2n) is 7.62. The number of hydrogen-bond acceptors (Lipinski definition) is 3. The van der Waals surface area contributed by atoms with Gasteiger partial charge in [0.1, 0.15) is 5.82 Å². The number of hydrogen-bond donors (Lipinski definition) is 1. The fourth-order valence-electron chi connectivity index (χ4n) is 3.87. The summed E-state index contributed by atoms with van der Waals surface area (Å²) in [5, 5.41) is 0. The van der Waals surface area contributed by atoms with Crippen LogP contribution in [0.1, 0.15) is 34.2 Å². The minimum Gasteiger partial charge on any atom is -0.342 e. The quantitative estimate of drug-likeness (QED) is 0.775. The molecule has 5 nitrogen and oxygen atoms in total. The molecule has 1 aliphatic heterocycles. The number of aromatic nitrogens is 2. The van der Waals surface area contributed by atoms with Crippen LogP contribution < -0.4 is 0 Å². The summed E-state index contributed by atoms with van der Waals surface area (Å²) in [6.07, 6.45) is 0. The zero-order valence-electron chi connectivity index (χ0n) is 16.2. The van der Waals surface area contributed by atoms with Gasteiger partial charge in [-0.3, -0.25) is 9.69 Å². The maximum atomic E-state index is 13.0. The molecule has 0 unspecified atom stereocenters. The number of fused-ring (bicyclic) bond motifs is 1. The lowest BCUT2D eigenvalue weighted by Gasteiger charge is -2.40. The Morgan fingerprint density at radius 1 is 1.15 bits per heavy atom. The summed E-state index contributed by atoms with van der Waals surface area (Å²) in [5.41, 5.74) is 5.16. The van der Waals surface area contributed by atoms with Crippen molar-refractivity contribution in [2.45, 2.75) is 33.4 Å². The van der Waals surface area contributed by atoms with E-state index in [1.165, 1.54) is 11.1 Å². The van der Waals surface area contributed by atoms with Gasteiger partial charge in [0, 0.05) is 37.8 Å². The molecule has 1 aromatic heterocycles. The summed E-state index contributed by atoms with van der Waals surface area (Å²) < 4.78 is 0. The Labute approximate surface area is 160 Å². The van der Waals surface area contributed by atoms with Gasteiger partial charge in [0.15, 0.2) is 0 Å². The minimum absolute atomic E-state index is 0.103. The Morgan fingerprint density at radius 2 is 1.93 bits per heavy atom. The van der Waals surface area contributed by atoms with Crippen molar-refractivity contribution >= 4 is 16.9 Å². The normalized spacial score (nSPS) is 18.2. The molecule has 140 valence electrons. The van der Waals surface area contributed by atoms with Crippen LogP contribution in [0, 0.1) is 13.8 Å². The number of H-pyrrole nitrogens is 1. The standard InChI is InChI=1S/C22H26N4O/c1-15-4-6-18(7-5-15)14-25-10-11-26(16(2)13-25)22(27)19-8-9-20-21(12-19)24-17(3)23-20/h4-9,12,16H,10-11,13-14H2,1-3H3,(H,23,24)/t16-/m0/s1. The molecular weight excluding hydrogens is 336 g/mol. The van der Waals surface area contributed by atoms with Crippen molar-refractivity contribution in [3.05, 3.63) is 65.0 Å². The van der Waals surface area contributed by atoms with Crippen molar-refractivity contribution in [3.63, 3.8) is 0 Å². The maximum Gasteiger partial charge on any atom is 0.254 e. The highest BCUT2D eigenvalue weighted by Gasteiger charge is 2.28. The summed E-state index contributed by atoms with van der Waals surface area (Å²) in [7, 11) is 0. The zero-order valence-corrected chi connectivity index (χ0v) is 16.2. The minimum atomic E-state index is 0.103. The van der Waals surface area contributed by atoms with Crippen LogP contribution in [0.15, 0.2) is 42.5 Å². The van der Waals surface area contributed by atoms with Gasteiger partial charge in [-0.25, -0.2) is 4.98 Å². The molecule has 2 heterocycles. The summed E-state index contributed by atoms with van der Waals surface area (Å²) in [6, 6.07) is 14.6. The fourth-order valence-corrected chi connectivity index (χ4v) is 3.87. The highest BCUT2D eigenvalue weighted by molar-refractivity contribution is 5.97. The lowest BCUT2D eigenvalue weighted by atomic mass is 10.1. The van der Waals surface area contributed by atoms with Gasteiger partial charge in [0.2, 0.25) is 0 Å². The van der Waals surface area contributed by atoms with Gasteiger partial charge < -0.3 is 9.88 Å². The van der Waals surface area contributed by atoms with Crippen LogP contribution in [0.25, 0.3) is 11.0 Å². The second kappa shape index (κ2) is 7.16. The van der Waals surface area contributed by atoms with Crippen molar-refractivity contribution in [2.24, 2.45) is 0 Å². The Hall–Kier alpha value is -2.66. The van der Waals surface area contributed by atoms with Gasteiger partial charge in [-0.15, -0.1) is 0 Å². The molecule has 1 saturated heterocycles. The third kappa shape index (κ3) is 3.74. The Bertz CT molecular complexity index is 960. The molecule has 0 radical (unpaired) electrons. The second-order valence-corrected chi connectivity index (χ2v) is 7.62. The molecule has 1 fully saturated rings. The van der Waals surface area contributed by atoms with Crippen LogP contribution in [0.3, 0.4) is 0 Å². The highest BCUT2D eigenvalue weighted by Crippen LogP contribution is 2.19. The van der Waals surface area contributed by atoms with E-state index in [-0.39, 0.29) is 11.9 Å². The molecule has 1 atom stereocenters. The van der Waals surface area contributed by atoms with Gasteiger partial charge in [-0.2, -0.15) is 0 Å². The lowest BCUT2D eigenvalue weighted by molar-refractivity contribution is 0.0475. The number of aromatic amines is 1. The predicted octanol–water partition coefficient (Wildman–Crippen LogP) is 3.53. The van der Waals surface area contributed by atoms with E-state index < -0.39 is 0 Å². The first-order valence-corrected chi connectivity index (χ1v) is 9.55. The number of carbonyl (C=O) groups excluding carboxylic acids is 1. The van der Waals surface area contributed by atoms with Crippen LogP contribution in [0.4, 0.5) is 0 Å². The highest BCUT2D eigenvalue weighted by atomic mass is 16.2. The number of benzene rings is 2. The smallest absolute Gasteiger partial charge is 0.254 e. The van der Waals surface area contributed by atoms with E-state index in [1.54, 1.807) is 0 Å². The first-order valence-electron chi connectivity index (χ1n) is 9.55. The molecule has 0 aliphatic carbocycles. The van der Waals surface area contributed by atoms with Gasteiger partial charge in [0.05, 0.1) is 11.0 Å². The molecule has 3 aromatic rings. The molecule has 1 N–H and O–H groups in total. The Morgan fingerprint density at radius 3 is 2.67 bits per heavy atom. The molecule has 27 heavy (non-hydrogen) atoms. The Kier molecular flexibility index (Phi) is 4.70. The molecular formula is C22H26N4O. The lowest BCUT2D eigenvalue weighted by Crippen LogP contribution is -2.53. The molecule has 1 amide bonds. The van der Waals surface area contributed by atoms with Gasteiger partial charge >= 0.3 is 0 Å². The van der Waals surface area contributed by atoms with Crippen LogP contribution in [-0.2, 0) is 6.54 Å². The van der Waals surface area contributed by atoms with E-state index in [2.05, 4.69) is 53.0 Å². The third-order valence-corrected chi connectivity index (χ3v) is 5.35. The van der Waals surface area contributed by atoms with E-state index in [1.807, 2.05) is 30.0 Å². The summed E-state index contributed by atoms with van der Waals surface area (Å²) in [6.45, 7) is 9.66. The molecule has 5 heteroatoms. The number of carbonyl (C=O) groups is 1. The molecule has 0 bridgehead atoms. The van der Waals surface area contributed by atoms with E-state index in [0.29, 0.717) is 0 Å². The number of amides is 1. The first-order chi connectivity index (χ1) is 13.0. The molecule has 4 rings (SSSR count). The van der Waals surface area contributed by atoms with Gasteiger partial charge in [-0.05, 0) is 44.5 Å². The average molecular weight is 362 g/mol. The molecule has 1 aliphatic rings. The summed E-state index contributed by atoms with van der Waals surface area (Å²) >= 11 is 0. The van der Waals surface area contributed by atoms with E-state index >= 15 is 0 Å². The number of piperazine rings is 1. The van der Waals surface area contributed by atoms with Crippen LogP contribution >= 0.6 is 0 Å². The van der Waals surface area contributed by atoms with Crippen LogP contribution in [-0.4, -0.2) is 51.4 Å². The average Bonchev–Trinajstić information content (AvgIpc) is 3.02. The maximum absolute atomic E-state index is 13.0. The molecule has 0 spiro atoms. The third-order valence-electron chi connectivity index (χ3n) is 5.35. The predicted molar refractivity (Wildman–Crippen MR) is 108 cm³/mol. The summed E-state index contributed by atoms with van der Waals surface area (Å²) in [5.74, 6) is 0.972. The fraction of sp³-hybridized carbons (Fsp3) is 0.364. The molecule has 0 saturated carbocycles. The van der Waals surface area contributed by atoms with Crippen molar-refractivity contribution in [1.29, 1.82) is 0 Å². The topological polar surface area (TPSA) is 52.2 Å². The van der Waals surface area contributed by atoms with Crippen LogP contribution in [0.2, 0.25) is 0 Å². The number of imidazole rings is 1. The number of nitrogens with one attached hydrogen (secondary N) is 1. The monoisotopic (exact) mass is 362 g/mol. The van der Waals surface area contributed by atoms with Crippen molar-refractivity contribution in [2.75, 3.05) is 19.6 Å². The van der Waals surface area contributed by atoms with Crippen molar-refractivity contribution < 1.29 is 4.79 Å². The number of nitrogens with zero attached hydrogens (tertiary/aromatic N) is 3. The van der Waals surface area contributed by atoms with Gasteiger partial charge in [0.25, 0.3) is 5.91 Å². The zero-order chi connectivity index (χ0) is 19.0. The van der Waals surface area contributed by atoms with Gasteiger partial charge in [-0.1, -0.05) is 29.8 Å². The van der Waals surface area contributed by atoms with Crippen molar-refractivity contribution in [1.82, 2.24) is 19.8 Å². The SMILES string of the molecule is Cc1ccc(CN2CCN(C(=O)c3ccc4nc(C)[nH]c4c3)[C@@H](C)C2)cc1. The van der Waals surface area contributed by atoms with Crippen LogP contribution in [0.5, 0.6) is 0 Å². The van der Waals surface area contributed by atoms with Crippen molar-refractivity contribution in [3.8, 4) is 0 Å². The largest absolute Gasteiger partial charge is 0.342 e. The number of aryl methyl sites for hydroxylation is 2. The van der Waals surface area contributed by atoms with E-state index in [4.69, 9.17) is 0 Å². The number of rotatable bonds is 3. The summed E-state index contributed by atoms with van der Waals surface area (Å²) in [4.78, 5) is 25.1. The molecule has 2 aromatic carbocycles. The van der Waals surface area contributed by atoms with E-state index in [0.717, 1.165) is 48.6 Å². The van der Waals surface area contributed by atoms with E-state index in [9.17, 15) is 4.79 Å². The Balaban J connectivity index is 1.43.